The summed E-state index contributed by atoms with van der Waals surface area (Å²) in [7, 11) is -3.82. The summed E-state index contributed by atoms with van der Waals surface area (Å²) in [6, 6.07) is 8.53. The van der Waals surface area contributed by atoms with Crippen LogP contribution in [0.1, 0.15) is 18.4 Å². The average molecular weight is 515 g/mol. The van der Waals surface area contributed by atoms with Gasteiger partial charge in [0, 0.05) is 21.6 Å². The number of ether oxygens (including phenoxy) is 2. The normalized spacial score (nSPS) is 18.8. The fraction of sp³-hybridized carbons (Fsp3) is 0.263. The van der Waals surface area contributed by atoms with Gasteiger partial charge in [0.15, 0.2) is 11.5 Å². The molecule has 1 amide bonds. The molecule has 2 aromatic carbocycles. The van der Waals surface area contributed by atoms with Crippen molar-refractivity contribution in [2.75, 3.05) is 13.3 Å². The molecule has 1 saturated heterocycles. The molecule has 0 radical (unpaired) electrons. The zero-order valence-electron chi connectivity index (χ0n) is 15.5. The molecular formula is C19H17BrClN3O5S. The SMILES string of the molecule is O=C(N/N=C\c1cc2c(cc1Br)OCO2)[C@@H]1CCCN1S(=O)(=O)c1ccc(Cl)cc1. The number of nitrogens with one attached hydrogen (secondary N) is 1. The van der Waals surface area contributed by atoms with Gasteiger partial charge < -0.3 is 9.47 Å². The Kier molecular flexibility index (Phi) is 6.01. The lowest BCUT2D eigenvalue weighted by molar-refractivity contribution is -0.124. The van der Waals surface area contributed by atoms with Crippen molar-refractivity contribution in [3.05, 3.63) is 51.5 Å². The van der Waals surface area contributed by atoms with Gasteiger partial charge in [-0.25, -0.2) is 13.8 Å². The molecule has 2 heterocycles. The van der Waals surface area contributed by atoms with Crippen LogP contribution in [0.3, 0.4) is 0 Å². The standard InChI is InChI=1S/C19H17BrClN3O5S/c20-15-9-18-17(28-11-29-18)8-12(15)10-22-23-19(25)16-2-1-7-24(16)30(26,27)14-5-3-13(21)4-6-14/h3-6,8-10,16H,1-2,7,11H2,(H,23,25)/b22-10-/t16-/m0/s1. The predicted molar refractivity (Wildman–Crippen MR) is 114 cm³/mol. The van der Waals surface area contributed by atoms with E-state index in [-0.39, 0.29) is 18.2 Å². The number of carbonyl (C=O) groups is 1. The molecule has 30 heavy (non-hydrogen) atoms. The number of nitrogens with zero attached hydrogens (tertiary/aromatic N) is 2. The summed E-state index contributed by atoms with van der Waals surface area (Å²) < 4.78 is 38.4. The van der Waals surface area contributed by atoms with E-state index in [2.05, 4.69) is 26.5 Å². The molecule has 2 aliphatic heterocycles. The van der Waals surface area contributed by atoms with Crippen LogP contribution in [0.15, 0.2) is 50.9 Å². The van der Waals surface area contributed by atoms with Crippen LogP contribution in [-0.4, -0.2) is 44.2 Å². The molecule has 11 heteroatoms. The van der Waals surface area contributed by atoms with Gasteiger partial charge in [-0.1, -0.05) is 11.6 Å². The average Bonchev–Trinajstić information content (AvgIpc) is 3.38. The van der Waals surface area contributed by atoms with Crippen molar-refractivity contribution >= 4 is 49.7 Å². The van der Waals surface area contributed by atoms with E-state index in [0.29, 0.717) is 34.9 Å². The molecule has 1 N–H and O–H groups in total. The molecule has 0 saturated carbocycles. The van der Waals surface area contributed by atoms with Crippen molar-refractivity contribution in [3.63, 3.8) is 0 Å². The molecule has 0 aliphatic carbocycles. The van der Waals surface area contributed by atoms with Gasteiger partial charge in [0.2, 0.25) is 16.8 Å². The minimum Gasteiger partial charge on any atom is -0.454 e. The smallest absolute Gasteiger partial charge is 0.258 e. The third kappa shape index (κ3) is 4.18. The van der Waals surface area contributed by atoms with Gasteiger partial charge in [-0.3, -0.25) is 4.79 Å². The summed E-state index contributed by atoms with van der Waals surface area (Å²) in [4.78, 5) is 12.7. The van der Waals surface area contributed by atoms with Crippen LogP contribution in [-0.2, 0) is 14.8 Å². The van der Waals surface area contributed by atoms with Crippen LogP contribution in [0, 0.1) is 0 Å². The molecule has 1 fully saturated rings. The Balaban J connectivity index is 1.46. The second-order valence-corrected chi connectivity index (χ2v) is 9.87. The highest BCUT2D eigenvalue weighted by Gasteiger charge is 2.39. The lowest BCUT2D eigenvalue weighted by Gasteiger charge is -2.22. The Hall–Kier alpha value is -2.14. The number of benzene rings is 2. The van der Waals surface area contributed by atoms with Gasteiger partial charge in [-0.05, 0) is 65.2 Å². The maximum Gasteiger partial charge on any atom is 0.258 e. The van der Waals surface area contributed by atoms with E-state index in [0.717, 1.165) is 4.47 Å². The number of hydrazone groups is 1. The Labute approximate surface area is 187 Å². The Morgan fingerprint density at radius 3 is 2.67 bits per heavy atom. The highest BCUT2D eigenvalue weighted by molar-refractivity contribution is 9.10. The molecule has 1 atom stereocenters. The fourth-order valence-electron chi connectivity index (χ4n) is 3.30. The van der Waals surface area contributed by atoms with Gasteiger partial charge in [-0.15, -0.1) is 0 Å². The fourth-order valence-corrected chi connectivity index (χ4v) is 5.51. The monoisotopic (exact) mass is 513 g/mol. The minimum atomic E-state index is -3.82. The molecule has 2 aromatic rings. The van der Waals surface area contributed by atoms with Crippen molar-refractivity contribution in [1.29, 1.82) is 0 Å². The van der Waals surface area contributed by atoms with E-state index >= 15 is 0 Å². The molecule has 0 unspecified atom stereocenters. The quantitative estimate of drug-likeness (QED) is 0.488. The zero-order chi connectivity index (χ0) is 21.3. The van der Waals surface area contributed by atoms with E-state index in [1.807, 2.05) is 0 Å². The van der Waals surface area contributed by atoms with E-state index < -0.39 is 22.0 Å². The Bertz CT molecular complexity index is 1110. The van der Waals surface area contributed by atoms with Gasteiger partial charge in [0.1, 0.15) is 6.04 Å². The van der Waals surface area contributed by atoms with Crippen molar-refractivity contribution in [3.8, 4) is 11.5 Å². The lowest BCUT2D eigenvalue weighted by Crippen LogP contribution is -2.44. The second kappa shape index (κ2) is 8.54. The number of halogens is 2. The van der Waals surface area contributed by atoms with E-state index in [1.54, 1.807) is 12.1 Å². The molecule has 0 bridgehead atoms. The van der Waals surface area contributed by atoms with Crippen LogP contribution in [0.2, 0.25) is 5.02 Å². The third-order valence-corrected chi connectivity index (χ3v) is 7.66. The highest BCUT2D eigenvalue weighted by Crippen LogP contribution is 2.36. The summed E-state index contributed by atoms with van der Waals surface area (Å²) in [5, 5.41) is 4.42. The second-order valence-electron chi connectivity index (χ2n) is 6.69. The number of fused-ring (bicyclic) bond motifs is 1. The molecule has 0 spiro atoms. The van der Waals surface area contributed by atoms with Crippen LogP contribution in [0.4, 0.5) is 0 Å². The largest absolute Gasteiger partial charge is 0.454 e. The summed E-state index contributed by atoms with van der Waals surface area (Å²) in [6.07, 6.45) is 2.46. The first-order valence-corrected chi connectivity index (χ1v) is 11.7. The van der Waals surface area contributed by atoms with Gasteiger partial charge in [0.25, 0.3) is 5.91 Å². The van der Waals surface area contributed by atoms with Crippen molar-refractivity contribution in [1.82, 2.24) is 9.73 Å². The summed E-state index contributed by atoms with van der Waals surface area (Å²) in [6.45, 7) is 0.416. The number of hydrogen-bond acceptors (Lipinski definition) is 6. The maximum atomic E-state index is 12.9. The number of amides is 1. The number of sulfonamides is 1. The Morgan fingerprint density at radius 2 is 1.93 bits per heavy atom. The molecule has 0 aromatic heterocycles. The topological polar surface area (TPSA) is 97.3 Å². The molecule has 2 aliphatic rings. The van der Waals surface area contributed by atoms with Crippen LogP contribution >= 0.6 is 27.5 Å². The van der Waals surface area contributed by atoms with Crippen molar-refractivity contribution < 1.29 is 22.7 Å². The third-order valence-electron chi connectivity index (χ3n) is 4.80. The summed E-state index contributed by atoms with van der Waals surface area (Å²) >= 11 is 9.26. The summed E-state index contributed by atoms with van der Waals surface area (Å²) in [5.41, 5.74) is 3.12. The number of rotatable bonds is 5. The van der Waals surface area contributed by atoms with Gasteiger partial charge in [-0.2, -0.15) is 9.41 Å². The van der Waals surface area contributed by atoms with Crippen molar-refractivity contribution in [2.45, 2.75) is 23.8 Å². The molecule has 8 nitrogen and oxygen atoms in total. The highest BCUT2D eigenvalue weighted by atomic mass is 79.9. The van der Waals surface area contributed by atoms with Crippen LogP contribution in [0.25, 0.3) is 0 Å². The molecule has 158 valence electrons. The lowest BCUT2D eigenvalue weighted by atomic mass is 10.2. The van der Waals surface area contributed by atoms with E-state index in [9.17, 15) is 13.2 Å². The van der Waals surface area contributed by atoms with Crippen LogP contribution < -0.4 is 14.9 Å². The molecule has 4 rings (SSSR count). The van der Waals surface area contributed by atoms with E-state index in [1.165, 1.54) is 34.8 Å². The minimum absolute atomic E-state index is 0.0967. The number of hydrogen-bond donors (Lipinski definition) is 1. The van der Waals surface area contributed by atoms with Crippen LogP contribution in [0.5, 0.6) is 11.5 Å². The first kappa shape index (κ1) is 21.1. The van der Waals surface area contributed by atoms with Gasteiger partial charge in [0.05, 0.1) is 11.1 Å². The number of carbonyl (C=O) groups excluding carboxylic acids is 1. The van der Waals surface area contributed by atoms with Crippen molar-refractivity contribution in [2.24, 2.45) is 5.10 Å². The van der Waals surface area contributed by atoms with Gasteiger partial charge >= 0.3 is 0 Å². The molecular weight excluding hydrogens is 498 g/mol. The predicted octanol–water partition coefficient (Wildman–Crippen LogP) is 3.13. The Morgan fingerprint density at radius 1 is 1.23 bits per heavy atom. The van der Waals surface area contributed by atoms with E-state index in [4.69, 9.17) is 21.1 Å². The zero-order valence-corrected chi connectivity index (χ0v) is 18.7. The summed E-state index contributed by atoms with van der Waals surface area (Å²) in [5.74, 6) is 0.720. The maximum absolute atomic E-state index is 12.9. The first-order valence-electron chi connectivity index (χ1n) is 9.06. The first-order chi connectivity index (χ1) is 14.4.